The van der Waals surface area contributed by atoms with E-state index in [1.165, 1.54) is 0 Å². The van der Waals surface area contributed by atoms with Gasteiger partial charge in [-0.15, -0.1) is 0 Å². The first kappa shape index (κ1) is 19.5. The number of aromatic nitrogens is 2. The largest absolute Gasteiger partial charge is 0.489 e. The van der Waals surface area contributed by atoms with Gasteiger partial charge >= 0.3 is 0 Å². The van der Waals surface area contributed by atoms with Gasteiger partial charge in [0.2, 0.25) is 0 Å². The van der Waals surface area contributed by atoms with Crippen molar-refractivity contribution >= 4 is 33.4 Å². The molecule has 0 radical (unpaired) electrons. The van der Waals surface area contributed by atoms with Crippen LogP contribution in [0.2, 0.25) is 5.02 Å². The molecule has 2 aromatic carbocycles. The fraction of sp³-hybridized carbons (Fsp3) is 0.200. The Hall–Kier alpha value is -2.31. The van der Waals surface area contributed by atoms with E-state index < -0.39 is 0 Å². The molecule has 27 heavy (non-hydrogen) atoms. The molecule has 0 spiro atoms. The molecule has 140 valence electrons. The number of carbonyl (C=O) groups is 1. The van der Waals surface area contributed by atoms with Crippen LogP contribution in [0.1, 0.15) is 22.3 Å². The van der Waals surface area contributed by atoms with Crippen LogP contribution in [0.25, 0.3) is 0 Å². The second kappa shape index (κ2) is 9.58. The van der Waals surface area contributed by atoms with Gasteiger partial charge in [-0.2, -0.15) is 5.10 Å². The van der Waals surface area contributed by atoms with Gasteiger partial charge in [-0.05, 0) is 64.3 Å². The molecule has 1 aromatic heterocycles. The van der Waals surface area contributed by atoms with Gasteiger partial charge in [-0.1, -0.05) is 23.7 Å². The summed E-state index contributed by atoms with van der Waals surface area (Å²) in [5.74, 6) is 0.643. The van der Waals surface area contributed by atoms with Crippen LogP contribution in [0.4, 0.5) is 0 Å². The zero-order valence-corrected chi connectivity index (χ0v) is 16.9. The molecule has 7 heteroatoms. The van der Waals surface area contributed by atoms with Crippen molar-refractivity contribution in [1.29, 1.82) is 0 Å². The third kappa shape index (κ3) is 6.12. The summed E-state index contributed by atoms with van der Waals surface area (Å²) in [4.78, 5) is 12.3. The number of nitrogens with zero attached hydrogens (tertiary/aromatic N) is 2. The van der Waals surface area contributed by atoms with Gasteiger partial charge < -0.3 is 10.1 Å². The van der Waals surface area contributed by atoms with Gasteiger partial charge in [-0.3, -0.25) is 9.48 Å². The van der Waals surface area contributed by atoms with E-state index in [1.807, 2.05) is 41.2 Å². The number of ether oxygens (including phenoxy) is 1. The zero-order valence-electron chi connectivity index (χ0n) is 14.6. The molecule has 0 unspecified atom stereocenters. The molecular weight excluding hydrogens is 430 g/mol. The normalized spacial score (nSPS) is 10.6. The van der Waals surface area contributed by atoms with Crippen molar-refractivity contribution in [2.75, 3.05) is 6.54 Å². The molecule has 5 nitrogen and oxygen atoms in total. The Morgan fingerprint density at radius 1 is 1.22 bits per heavy atom. The van der Waals surface area contributed by atoms with E-state index in [-0.39, 0.29) is 5.91 Å². The highest BCUT2D eigenvalue weighted by molar-refractivity contribution is 9.10. The van der Waals surface area contributed by atoms with Gasteiger partial charge in [0.05, 0.1) is 10.7 Å². The van der Waals surface area contributed by atoms with Crippen LogP contribution in [0.15, 0.2) is 65.4 Å². The molecule has 1 N–H and O–H groups in total. The van der Waals surface area contributed by atoms with Crippen LogP contribution < -0.4 is 10.1 Å². The average molecular weight is 449 g/mol. The Kier molecular flexibility index (Phi) is 6.90. The van der Waals surface area contributed by atoms with Crippen LogP contribution in [-0.2, 0) is 13.2 Å². The summed E-state index contributed by atoms with van der Waals surface area (Å²) in [5.41, 5.74) is 1.55. The fourth-order valence-corrected chi connectivity index (χ4v) is 2.96. The van der Waals surface area contributed by atoms with Crippen molar-refractivity contribution in [3.63, 3.8) is 0 Å². The first-order chi connectivity index (χ1) is 13.1. The standard InChI is InChI=1S/C20H19BrClN3O2/c21-17-12-24-25(13-17)10-2-9-23-20(26)16-4-1-3-15(11-16)14-27-19-7-5-18(22)6-8-19/h1,3-8,11-13H,2,9-10,14H2,(H,23,26). The topological polar surface area (TPSA) is 56.2 Å². The Morgan fingerprint density at radius 3 is 2.78 bits per heavy atom. The van der Waals surface area contributed by atoms with Crippen LogP contribution >= 0.6 is 27.5 Å². The van der Waals surface area contributed by atoms with Crippen LogP contribution in [-0.4, -0.2) is 22.2 Å². The molecule has 0 fully saturated rings. The molecule has 0 bridgehead atoms. The number of benzene rings is 2. The smallest absolute Gasteiger partial charge is 0.251 e. The average Bonchev–Trinajstić information content (AvgIpc) is 3.10. The number of halogens is 2. The number of amides is 1. The summed E-state index contributed by atoms with van der Waals surface area (Å²) in [6.45, 7) is 1.72. The molecular formula is C20H19BrClN3O2. The van der Waals surface area contributed by atoms with Gasteiger partial charge in [0, 0.05) is 29.9 Å². The SMILES string of the molecule is O=C(NCCCn1cc(Br)cn1)c1cccc(COc2ccc(Cl)cc2)c1. The Morgan fingerprint density at radius 2 is 2.04 bits per heavy atom. The minimum Gasteiger partial charge on any atom is -0.489 e. The molecule has 0 saturated carbocycles. The van der Waals surface area contributed by atoms with E-state index in [0.29, 0.717) is 23.7 Å². The van der Waals surface area contributed by atoms with Crippen molar-refractivity contribution < 1.29 is 9.53 Å². The number of rotatable bonds is 8. The van der Waals surface area contributed by atoms with E-state index in [9.17, 15) is 4.79 Å². The summed E-state index contributed by atoms with van der Waals surface area (Å²) in [6.07, 6.45) is 4.46. The van der Waals surface area contributed by atoms with E-state index in [4.69, 9.17) is 16.3 Å². The minimum atomic E-state index is -0.0926. The van der Waals surface area contributed by atoms with Gasteiger partial charge in [0.15, 0.2) is 0 Å². The molecule has 1 heterocycles. The van der Waals surface area contributed by atoms with Crippen LogP contribution in [0.5, 0.6) is 5.75 Å². The first-order valence-corrected chi connectivity index (χ1v) is 9.71. The number of hydrogen-bond donors (Lipinski definition) is 1. The second-order valence-electron chi connectivity index (χ2n) is 5.97. The van der Waals surface area contributed by atoms with Gasteiger partial charge in [0.25, 0.3) is 5.91 Å². The number of aryl methyl sites for hydroxylation is 1. The second-order valence-corrected chi connectivity index (χ2v) is 7.33. The third-order valence-corrected chi connectivity index (χ3v) is 4.52. The van der Waals surface area contributed by atoms with Crippen molar-refractivity contribution in [3.05, 3.63) is 81.5 Å². The number of carbonyl (C=O) groups excluding carboxylic acids is 1. The van der Waals surface area contributed by atoms with E-state index >= 15 is 0 Å². The fourth-order valence-electron chi connectivity index (χ4n) is 2.51. The first-order valence-electron chi connectivity index (χ1n) is 8.53. The lowest BCUT2D eigenvalue weighted by molar-refractivity contribution is 0.0952. The predicted molar refractivity (Wildman–Crippen MR) is 109 cm³/mol. The highest BCUT2D eigenvalue weighted by Crippen LogP contribution is 2.17. The lowest BCUT2D eigenvalue weighted by Crippen LogP contribution is -2.25. The molecule has 0 saturated heterocycles. The molecule has 0 aliphatic rings. The predicted octanol–water partition coefficient (Wildman–Crippen LogP) is 4.70. The minimum absolute atomic E-state index is 0.0926. The highest BCUT2D eigenvalue weighted by Gasteiger charge is 2.06. The Labute approximate surface area is 171 Å². The van der Waals surface area contributed by atoms with E-state index in [2.05, 4.69) is 26.3 Å². The monoisotopic (exact) mass is 447 g/mol. The third-order valence-electron chi connectivity index (χ3n) is 3.86. The summed E-state index contributed by atoms with van der Waals surface area (Å²) < 4.78 is 8.51. The maximum atomic E-state index is 12.3. The molecule has 0 aliphatic heterocycles. The molecule has 3 aromatic rings. The lowest BCUT2D eigenvalue weighted by Gasteiger charge is -2.09. The number of nitrogens with one attached hydrogen (secondary N) is 1. The van der Waals surface area contributed by atoms with Crippen LogP contribution in [0.3, 0.4) is 0 Å². The summed E-state index contributed by atoms with van der Waals surface area (Å²) in [6, 6.07) is 14.6. The van der Waals surface area contributed by atoms with Crippen LogP contribution in [0, 0.1) is 0 Å². The molecule has 3 rings (SSSR count). The Bertz CT molecular complexity index is 896. The maximum Gasteiger partial charge on any atom is 0.251 e. The quantitative estimate of drug-likeness (QED) is 0.508. The maximum absolute atomic E-state index is 12.3. The lowest BCUT2D eigenvalue weighted by atomic mass is 10.1. The van der Waals surface area contributed by atoms with Crippen molar-refractivity contribution in [2.24, 2.45) is 0 Å². The van der Waals surface area contributed by atoms with Crippen molar-refractivity contribution in [2.45, 2.75) is 19.6 Å². The van der Waals surface area contributed by atoms with E-state index in [0.717, 1.165) is 28.8 Å². The zero-order chi connectivity index (χ0) is 19.1. The summed E-state index contributed by atoms with van der Waals surface area (Å²) in [5, 5.41) is 7.79. The highest BCUT2D eigenvalue weighted by atomic mass is 79.9. The van der Waals surface area contributed by atoms with Crippen molar-refractivity contribution in [1.82, 2.24) is 15.1 Å². The van der Waals surface area contributed by atoms with Gasteiger partial charge in [0.1, 0.15) is 12.4 Å². The number of hydrogen-bond acceptors (Lipinski definition) is 3. The Balaban J connectivity index is 1.47. The summed E-state index contributed by atoms with van der Waals surface area (Å²) >= 11 is 9.23. The molecule has 0 aliphatic carbocycles. The summed E-state index contributed by atoms with van der Waals surface area (Å²) in [7, 11) is 0. The van der Waals surface area contributed by atoms with Gasteiger partial charge in [-0.25, -0.2) is 0 Å². The molecule has 0 atom stereocenters. The van der Waals surface area contributed by atoms with E-state index in [1.54, 1.807) is 24.4 Å². The molecule has 1 amide bonds. The van der Waals surface area contributed by atoms with Crippen molar-refractivity contribution in [3.8, 4) is 5.75 Å².